The van der Waals surface area contributed by atoms with Crippen molar-refractivity contribution in [3.63, 3.8) is 0 Å². The Morgan fingerprint density at radius 3 is 1.79 bits per heavy atom. The Morgan fingerprint density at radius 1 is 0.655 bits per heavy atom. The van der Waals surface area contributed by atoms with Crippen molar-refractivity contribution in [2.24, 2.45) is 0 Å². The van der Waals surface area contributed by atoms with Crippen LogP contribution >= 0.6 is 11.6 Å². The summed E-state index contributed by atoms with van der Waals surface area (Å²) in [6, 6.07) is 8.56. The third-order valence-electron chi connectivity index (χ3n) is 10.3. The molecule has 7 aromatic rings. The molecule has 7 heterocycles. The number of ether oxygens (including phenoxy) is 1. The summed E-state index contributed by atoms with van der Waals surface area (Å²) in [6.45, 7) is 11.0. The van der Waals surface area contributed by atoms with Gasteiger partial charge < -0.3 is 14.5 Å². The van der Waals surface area contributed by atoms with E-state index in [1.807, 2.05) is 18.0 Å². The molecule has 0 aliphatic carbocycles. The van der Waals surface area contributed by atoms with Crippen LogP contribution in [-0.4, -0.2) is 57.8 Å². The molecule has 0 unspecified atom stereocenters. The van der Waals surface area contributed by atoms with Gasteiger partial charge >= 0.3 is 0 Å². The molecule has 8 nitrogen and oxygen atoms in total. The standard InChI is InChI=1S/C28H26F3N5O.C15H8ClF3N2/c1-16-25(17-8-19(30)13-32-12-17)34-22-10-18(29)9-21(31)24(22)26(16)36-15-28(2,3)27-23(36)11-20(14-33-27)35-4-6-37-7-5-35;1-7-14(16)13-11(19)3-9(17)4-12(13)21-15(7)8-2-10(18)6-20-5-8/h8-14H,4-7,15H2,1-3H3;2-6H,1H3. The average Bonchev–Trinajstić information content (AvgIpc) is 3.45. The number of benzene rings is 2. The zero-order valence-electron chi connectivity index (χ0n) is 31.6. The maximum absolute atomic E-state index is 15.5. The lowest BCUT2D eigenvalue weighted by atomic mass is 9.91. The van der Waals surface area contributed by atoms with Crippen molar-refractivity contribution in [3.8, 4) is 22.5 Å². The van der Waals surface area contributed by atoms with Crippen LogP contribution < -0.4 is 9.80 Å². The molecule has 0 radical (unpaired) electrons. The molecule has 0 bridgehead atoms. The van der Waals surface area contributed by atoms with E-state index in [9.17, 15) is 22.0 Å². The normalized spacial score (nSPS) is 14.8. The van der Waals surface area contributed by atoms with E-state index in [2.05, 4.69) is 44.7 Å². The molecule has 296 valence electrons. The zero-order valence-corrected chi connectivity index (χ0v) is 32.4. The smallest absolute Gasteiger partial charge is 0.142 e. The van der Waals surface area contributed by atoms with Crippen molar-refractivity contribution in [2.75, 3.05) is 42.6 Å². The highest BCUT2D eigenvalue weighted by molar-refractivity contribution is 6.36. The average molecular weight is 814 g/mol. The van der Waals surface area contributed by atoms with Gasteiger partial charge in [0.1, 0.15) is 34.9 Å². The lowest BCUT2D eigenvalue weighted by molar-refractivity contribution is 0.122. The molecule has 58 heavy (non-hydrogen) atoms. The number of rotatable bonds is 4. The quantitative estimate of drug-likeness (QED) is 0.163. The predicted octanol–water partition coefficient (Wildman–Crippen LogP) is 10.4. The predicted molar refractivity (Wildman–Crippen MR) is 211 cm³/mol. The monoisotopic (exact) mass is 813 g/mol. The number of hydrogen-bond acceptors (Lipinski definition) is 8. The number of pyridine rings is 5. The Balaban J connectivity index is 0.000000189. The number of morpholine rings is 1. The fourth-order valence-electron chi connectivity index (χ4n) is 7.65. The molecule has 15 heteroatoms. The Morgan fingerprint density at radius 2 is 1.21 bits per heavy atom. The van der Waals surface area contributed by atoms with Gasteiger partial charge in [0, 0.05) is 72.8 Å². The molecule has 0 spiro atoms. The van der Waals surface area contributed by atoms with Gasteiger partial charge in [-0.3, -0.25) is 15.0 Å². The lowest BCUT2D eigenvalue weighted by Crippen LogP contribution is -2.36. The summed E-state index contributed by atoms with van der Waals surface area (Å²) in [5.74, 6) is -4.01. The first-order valence-electron chi connectivity index (χ1n) is 18.3. The summed E-state index contributed by atoms with van der Waals surface area (Å²) in [5.41, 5.74) is 5.87. The molecule has 9 rings (SSSR count). The number of nitrogens with zero attached hydrogens (tertiary/aromatic N) is 7. The minimum absolute atomic E-state index is 0.0451. The van der Waals surface area contributed by atoms with E-state index in [0.717, 1.165) is 60.8 Å². The van der Waals surface area contributed by atoms with E-state index in [1.165, 1.54) is 30.6 Å². The summed E-state index contributed by atoms with van der Waals surface area (Å²) in [4.78, 5) is 25.6. The van der Waals surface area contributed by atoms with Gasteiger partial charge in [0.2, 0.25) is 0 Å². The minimum Gasteiger partial charge on any atom is -0.378 e. The van der Waals surface area contributed by atoms with E-state index in [1.54, 1.807) is 6.92 Å². The molecule has 0 N–H and O–H groups in total. The van der Waals surface area contributed by atoms with Crippen LogP contribution in [0, 0.1) is 48.8 Å². The van der Waals surface area contributed by atoms with Crippen molar-refractivity contribution in [3.05, 3.63) is 130 Å². The summed E-state index contributed by atoms with van der Waals surface area (Å²) in [5, 5.41) is 0.382. The Labute approximate surface area is 334 Å². The molecule has 2 aliphatic rings. The first kappa shape index (κ1) is 39.0. The summed E-state index contributed by atoms with van der Waals surface area (Å²) >= 11 is 6.16. The second kappa shape index (κ2) is 15.1. The van der Waals surface area contributed by atoms with Gasteiger partial charge in [-0.15, -0.1) is 0 Å². The first-order valence-corrected chi connectivity index (χ1v) is 18.6. The first-order chi connectivity index (χ1) is 27.7. The Kier molecular flexibility index (Phi) is 10.2. The van der Waals surface area contributed by atoms with Crippen molar-refractivity contribution < 1.29 is 31.1 Å². The molecule has 2 aromatic carbocycles. The van der Waals surface area contributed by atoms with Crippen LogP contribution in [0.2, 0.25) is 5.02 Å². The van der Waals surface area contributed by atoms with E-state index in [0.29, 0.717) is 59.1 Å². The van der Waals surface area contributed by atoms with Crippen LogP contribution in [0.15, 0.2) is 73.4 Å². The van der Waals surface area contributed by atoms with Gasteiger partial charge in [-0.1, -0.05) is 25.4 Å². The fourth-order valence-corrected chi connectivity index (χ4v) is 7.93. The molecular weight excluding hydrogens is 780 g/mol. The number of fused-ring (bicyclic) bond motifs is 3. The van der Waals surface area contributed by atoms with E-state index >= 15 is 4.39 Å². The second-order valence-corrected chi connectivity index (χ2v) is 15.2. The SMILES string of the molecule is Cc1c(-c2cncc(F)c2)nc2cc(F)cc(F)c2c1Cl.Cc1c(-c2cncc(F)c2)nc2cc(F)cc(F)c2c1N1CC(C)(C)c2ncc(N3CCOCC3)cc21. The van der Waals surface area contributed by atoms with Crippen molar-refractivity contribution in [1.29, 1.82) is 0 Å². The number of aromatic nitrogens is 5. The summed E-state index contributed by atoms with van der Waals surface area (Å²) < 4.78 is 89.9. The van der Waals surface area contributed by atoms with Gasteiger partial charge in [0.05, 0.1) is 92.8 Å². The number of anilines is 3. The van der Waals surface area contributed by atoms with Crippen LogP contribution in [-0.2, 0) is 10.2 Å². The fraction of sp³-hybridized carbons (Fsp3) is 0.233. The van der Waals surface area contributed by atoms with E-state index in [4.69, 9.17) is 21.3 Å². The Bertz CT molecular complexity index is 2760. The van der Waals surface area contributed by atoms with Crippen molar-refractivity contribution in [2.45, 2.75) is 33.1 Å². The molecule has 1 saturated heterocycles. The highest BCUT2D eigenvalue weighted by Crippen LogP contribution is 2.49. The van der Waals surface area contributed by atoms with E-state index < -0.39 is 34.9 Å². The molecular formula is C43H34ClF6N7O. The molecule has 2 aliphatic heterocycles. The third-order valence-corrected chi connectivity index (χ3v) is 10.8. The van der Waals surface area contributed by atoms with Crippen LogP contribution in [0.25, 0.3) is 44.3 Å². The van der Waals surface area contributed by atoms with Gasteiger partial charge in [-0.2, -0.15) is 0 Å². The molecule has 1 fully saturated rings. The van der Waals surface area contributed by atoms with Gasteiger partial charge in [-0.05, 0) is 43.2 Å². The molecule has 5 aromatic heterocycles. The molecule has 0 amide bonds. The third kappa shape index (κ3) is 7.15. The highest BCUT2D eigenvalue weighted by atomic mass is 35.5. The van der Waals surface area contributed by atoms with Crippen LogP contribution in [0.5, 0.6) is 0 Å². The largest absolute Gasteiger partial charge is 0.378 e. The summed E-state index contributed by atoms with van der Waals surface area (Å²) in [6.07, 6.45) is 6.96. The van der Waals surface area contributed by atoms with Gasteiger partial charge in [0.15, 0.2) is 0 Å². The Hall–Kier alpha value is -5.86. The van der Waals surface area contributed by atoms with Gasteiger partial charge in [-0.25, -0.2) is 36.3 Å². The van der Waals surface area contributed by atoms with Crippen LogP contribution in [0.1, 0.15) is 30.7 Å². The van der Waals surface area contributed by atoms with E-state index in [-0.39, 0.29) is 32.2 Å². The highest BCUT2D eigenvalue weighted by Gasteiger charge is 2.40. The maximum atomic E-state index is 15.5. The van der Waals surface area contributed by atoms with Crippen LogP contribution in [0.3, 0.4) is 0 Å². The number of hydrogen-bond donors (Lipinski definition) is 0. The molecule has 0 saturated carbocycles. The maximum Gasteiger partial charge on any atom is 0.142 e. The topological polar surface area (TPSA) is 80.2 Å². The zero-order chi connectivity index (χ0) is 41.0. The summed E-state index contributed by atoms with van der Waals surface area (Å²) in [7, 11) is 0. The second-order valence-electron chi connectivity index (χ2n) is 14.8. The minimum atomic E-state index is -0.783. The van der Waals surface area contributed by atoms with Crippen molar-refractivity contribution >= 4 is 50.5 Å². The van der Waals surface area contributed by atoms with Crippen molar-refractivity contribution in [1.82, 2.24) is 24.9 Å². The lowest BCUT2D eigenvalue weighted by Gasteiger charge is -2.30. The number of halogens is 7. The van der Waals surface area contributed by atoms with Crippen LogP contribution in [0.4, 0.5) is 43.4 Å². The van der Waals surface area contributed by atoms with Gasteiger partial charge in [0.25, 0.3) is 0 Å². The molecule has 0 atom stereocenters.